The number of aliphatic hydroxyl groups is 1. The van der Waals surface area contributed by atoms with Gasteiger partial charge in [-0.2, -0.15) is 0 Å². The van der Waals surface area contributed by atoms with E-state index in [1.54, 1.807) is 12.1 Å². The number of carbonyl (C=O) groups excluding carboxylic acids is 1. The molecule has 4 unspecified atom stereocenters. The molecule has 1 aliphatic heterocycles. The first-order valence-electron chi connectivity index (χ1n) is 10.3. The van der Waals surface area contributed by atoms with E-state index in [1.807, 2.05) is 30.3 Å². The van der Waals surface area contributed by atoms with E-state index in [9.17, 15) is 23.9 Å². The second kappa shape index (κ2) is 9.55. The van der Waals surface area contributed by atoms with Crippen molar-refractivity contribution in [1.29, 1.82) is 0 Å². The molecule has 34 heavy (non-hydrogen) atoms. The van der Waals surface area contributed by atoms with Gasteiger partial charge in [0.2, 0.25) is 12.5 Å². The number of carbonyl (C=O) groups is 1. The van der Waals surface area contributed by atoms with E-state index in [1.165, 1.54) is 36.7 Å². The molecule has 0 amide bonds. The summed E-state index contributed by atoms with van der Waals surface area (Å²) in [6, 6.07) is 18.1. The predicted octanol–water partition coefficient (Wildman–Crippen LogP) is 4.26. The average Bonchev–Trinajstić information content (AvgIpc) is 2.79. The average molecular weight is 503 g/mol. The maximum absolute atomic E-state index is 13.3. The molecule has 2 N–H and O–H groups in total. The molecular formula is C23H23NO8P2. The first-order chi connectivity index (χ1) is 16.1. The van der Waals surface area contributed by atoms with E-state index in [2.05, 4.69) is 4.98 Å². The molecule has 0 bridgehead atoms. The van der Waals surface area contributed by atoms with Crippen LogP contribution in [0.25, 0.3) is 0 Å². The summed E-state index contributed by atoms with van der Waals surface area (Å²) in [6.07, 6.45) is 1.09. The van der Waals surface area contributed by atoms with E-state index >= 15 is 0 Å². The molecule has 0 spiro atoms. The number of hydrogen-bond donors (Lipinski definition) is 2. The highest BCUT2D eigenvalue weighted by molar-refractivity contribution is 7.75. The summed E-state index contributed by atoms with van der Waals surface area (Å²) in [4.78, 5) is 26.6. The van der Waals surface area contributed by atoms with Crippen molar-refractivity contribution in [3.05, 3.63) is 95.8 Å². The lowest BCUT2D eigenvalue weighted by atomic mass is 10.1. The van der Waals surface area contributed by atoms with Crippen LogP contribution in [0, 0.1) is 0 Å². The molecular weight excluding hydrogens is 480 g/mol. The van der Waals surface area contributed by atoms with Crippen molar-refractivity contribution in [2.75, 3.05) is 6.66 Å². The molecule has 2 aromatic carbocycles. The van der Waals surface area contributed by atoms with Gasteiger partial charge in [0, 0.05) is 31.0 Å². The number of benzene rings is 2. The number of pyridine rings is 1. The normalized spacial score (nSPS) is 28.9. The Bertz CT molecular complexity index is 1220. The highest BCUT2D eigenvalue weighted by atomic mass is 31.2. The minimum atomic E-state index is -4.84. The Kier molecular flexibility index (Phi) is 6.87. The van der Waals surface area contributed by atoms with Gasteiger partial charge in [-0.3, -0.25) is 28.0 Å². The van der Waals surface area contributed by atoms with Crippen LogP contribution in [0.4, 0.5) is 0 Å². The molecule has 11 heteroatoms. The number of nitrogens with zero attached hydrogens (tertiary/aromatic N) is 1. The second-order valence-electron chi connectivity index (χ2n) is 7.93. The van der Waals surface area contributed by atoms with E-state index in [4.69, 9.17) is 13.8 Å². The monoisotopic (exact) mass is 503 g/mol. The van der Waals surface area contributed by atoms with E-state index in [0.717, 1.165) is 12.2 Å². The van der Waals surface area contributed by atoms with Crippen molar-refractivity contribution in [1.82, 2.24) is 4.98 Å². The van der Waals surface area contributed by atoms with Crippen LogP contribution in [0.2, 0.25) is 0 Å². The van der Waals surface area contributed by atoms with Crippen molar-refractivity contribution in [3.63, 3.8) is 0 Å². The topological polar surface area (TPSA) is 132 Å². The fourth-order valence-electron chi connectivity index (χ4n) is 3.49. The van der Waals surface area contributed by atoms with Gasteiger partial charge in [0.15, 0.2) is 6.29 Å². The maximum atomic E-state index is 13.3. The zero-order valence-electron chi connectivity index (χ0n) is 18.2. The van der Waals surface area contributed by atoms with Gasteiger partial charge in [0.1, 0.15) is 5.75 Å². The minimum Gasteiger partial charge on any atom is -0.426 e. The van der Waals surface area contributed by atoms with Gasteiger partial charge < -0.3 is 14.7 Å². The van der Waals surface area contributed by atoms with Gasteiger partial charge in [0.25, 0.3) is 0 Å². The number of hydrogen-bond acceptors (Lipinski definition) is 8. The molecule has 178 valence electrons. The predicted molar refractivity (Wildman–Crippen MR) is 123 cm³/mol. The summed E-state index contributed by atoms with van der Waals surface area (Å²) in [5.74, 6) is -0.206. The summed E-state index contributed by atoms with van der Waals surface area (Å²) in [7, 11) is -8.92. The number of ether oxygens (including phenoxy) is 1. The zero-order valence-corrected chi connectivity index (χ0v) is 20.0. The molecule has 0 radical (unpaired) electrons. The molecule has 9 nitrogen and oxygen atoms in total. The lowest BCUT2D eigenvalue weighted by molar-refractivity contribution is -0.133. The van der Waals surface area contributed by atoms with Gasteiger partial charge >= 0.3 is 13.6 Å². The van der Waals surface area contributed by atoms with E-state index in [-0.39, 0.29) is 17.7 Å². The Hall–Kier alpha value is -2.64. The van der Waals surface area contributed by atoms with Crippen LogP contribution in [0.5, 0.6) is 5.75 Å². The molecule has 4 rings (SSSR count). The van der Waals surface area contributed by atoms with Crippen molar-refractivity contribution in [2.45, 2.75) is 24.2 Å². The maximum Gasteiger partial charge on any atom is 0.372 e. The summed E-state index contributed by atoms with van der Waals surface area (Å²) in [6.45, 7) is 1.10. The summed E-state index contributed by atoms with van der Waals surface area (Å²) in [5, 5.41) is 8.37. The van der Waals surface area contributed by atoms with Crippen molar-refractivity contribution in [3.8, 4) is 5.75 Å². The SMILES string of the molecule is CP1(=O)OC(c2ccc(OC(=O)Cc3ccccc3)cc2)OP(=O)(O)C1(O)Cc1cccnc1. The molecule has 1 saturated heterocycles. The molecule has 2 heterocycles. The fourth-order valence-corrected chi connectivity index (χ4v) is 7.83. The highest BCUT2D eigenvalue weighted by Gasteiger charge is 2.64. The Morgan fingerprint density at radius 3 is 2.32 bits per heavy atom. The molecule has 3 aromatic rings. The summed E-state index contributed by atoms with van der Waals surface area (Å²) < 4.78 is 42.4. The zero-order chi connectivity index (χ0) is 24.4. The fraction of sp³-hybridized carbons (Fsp3) is 0.217. The Morgan fingerprint density at radius 1 is 1.03 bits per heavy atom. The number of esters is 1. The number of aromatic nitrogens is 1. The third-order valence-electron chi connectivity index (χ3n) is 5.38. The van der Waals surface area contributed by atoms with Crippen molar-refractivity contribution < 1.29 is 37.7 Å². The van der Waals surface area contributed by atoms with Gasteiger partial charge in [-0.1, -0.05) is 48.5 Å². The van der Waals surface area contributed by atoms with Gasteiger partial charge in [-0.05, 0) is 29.3 Å². The molecule has 1 fully saturated rings. The van der Waals surface area contributed by atoms with Crippen LogP contribution in [0.15, 0.2) is 79.1 Å². The Labute approximate surface area is 196 Å². The van der Waals surface area contributed by atoms with Gasteiger partial charge in [-0.15, -0.1) is 0 Å². The van der Waals surface area contributed by atoms with Crippen molar-refractivity contribution in [2.24, 2.45) is 0 Å². The molecule has 0 aliphatic carbocycles. The number of rotatable bonds is 6. The third-order valence-corrected chi connectivity index (χ3v) is 10.8. The third kappa shape index (κ3) is 5.05. The van der Waals surface area contributed by atoms with Crippen LogP contribution in [0.1, 0.15) is 23.0 Å². The first-order valence-corrected chi connectivity index (χ1v) is 14.0. The Balaban J connectivity index is 1.47. The quantitative estimate of drug-likeness (QED) is 0.288. The molecule has 1 aliphatic rings. The standard InChI is InChI=1S/C23H23NO8P2/c1-33(27)23(26,15-18-8-5-13-24-16-18)34(28,29)32-22(31-33)19-9-11-20(12-10-19)30-21(25)14-17-6-3-2-4-7-17/h2-13,16,22,26H,14-15H2,1H3,(H,28,29). The van der Waals surface area contributed by atoms with Crippen LogP contribution >= 0.6 is 15.0 Å². The van der Waals surface area contributed by atoms with Crippen LogP contribution in [-0.2, 0) is 35.8 Å². The van der Waals surface area contributed by atoms with Crippen molar-refractivity contribution >= 4 is 20.9 Å². The molecule has 4 atom stereocenters. The smallest absolute Gasteiger partial charge is 0.372 e. The van der Waals surface area contributed by atoms with E-state index < -0.39 is 38.7 Å². The first kappa shape index (κ1) is 24.5. The lowest BCUT2D eigenvalue weighted by Gasteiger charge is -2.43. The highest BCUT2D eigenvalue weighted by Crippen LogP contribution is 2.79. The largest absolute Gasteiger partial charge is 0.426 e. The van der Waals surface area contributed by atoms with Gasteiger partial charge in [0.05, 0.1) is 6.42 Å². The molecule has 1 aromatic heterocycles. The van der Waals surface area contributed by atoms with Gasteiger partial charge in [-0.25, -0.2) is 0 Å². The molecule has 0 saturated carbocycles. The van der Waals surface area contributed by atoms with Crippen LogP contribution in [0.3, 0.4) is 0 Å². The minimum absolute atomic E-state index is 0.0969. The lowest BCUT2D eigenvalue weighted by Crippen LogP contribution is -2.37. The second-order valence-corrected chi connectivity index (χ2v) is 12.9. The van der Waals surface area contributed by atoms with Crippen LogP contribution in [-0.4, -0.2) is 32.7 Å². The summed E-state index contributed by atoms with van der Waals surface area (Å²) in [5.41, 5.74) is 1.47. The van der Waals surface area contributed by atoms with E-state index in [0.29, 0.717) is 5.56 Å². The summed E-state index contributed by atoms with van der Waals surface area (Å²) >= 11 is 0. The Morgan fingerprint density at radius 2 is 1.71 bits per heavy atom. The van der Waals surface area contributed by atoms with Crippen LogP contribution < -0.4 is 4.74 Å².